The van der Waals surface area contributed by atoms with Crippen LogP contribution in [0.5, 0.6) is 0 Å². The third-order valence-corrected chi connectivity index (χ3v) is 1.80. The lowest BCUT2D eigenvalue weighted by molar-refractivity contribution is -0.140. The van der Waals surface area contributed by atoms with Crippen molar-refractivity contribution < 1.29 is 17.9 Å². The van der Waals surface area contributed by atoms with E-state index in [9.17, 15) is 9.00 Å². The van der Waals surface area contributed by atoms with Gasteiger partial charge in [0.25, 0.3) is 0 Å². The molecule has 0 saturated heterocycles. The molecule has 5 heteroatoms. The number of ether oxygens (including phenoxy) is 1. The lowest BCUT2D eigenvalue weighted by atomic mass is 10.5. The molecule has 0 heterocycles. The summed E-state index contributed by atoms with van der Waals surface area (Å²) in [5.41, 5.74) is 0. The van der Waals surface area contributed by atoms with Gasteiger partial charge in [0.1, 0.15) is 0 Å². The normalized spacial score (nSPS) is 12.6. The van der Waals surface area contributed by atoms with Crippen molar-refractivity contribution in [3.63, 3.8) is 0 Å². The van der Waals surface area contributed by atoms with Gasteiger partial charge in [0, 0.05) is 0 Å². The Labute approximate surface area is 62.2 Å². The lowest BCUT2D eigenvalue weighted by Crippen LogP contribution is -2.07. The Balaban J connectivity index is 3.35. The molecule has 60 valence electrons. The van der Waals surface area contributed by atoms with E-state index in [1.807, 2.05) is 0 Å². The highest BCUT2D eigenvalue weighted by atomic mass is 32.2. The number of carbonyl (C=O) groups is 1. The number of hydrogen-bond acceptors (Lipinski definition) is 4. The van der Waals surface area contributed by atoms with Gasteiger partial charge in [0.05, 0.1) is 26.4 Å². The first kappa shape index (κ1) is 9.58. The molecular weight excluding hydrogens is 156 g/mol. The molecular formula is C5H10O4S. The Hall–Kier alpha value is -0.420. The van der Waals surface area contributed by atoms with Gasteiger partial charge < -0.3 is 4.74 Å². The molecule has 0 radical (unpaired) electrons. The van der Waals surface area contributed by atoms with Crippen LogP contribution in [0.3, 0.4) is 0 Å². The minimum Gasteiger partial charge on any atom is -0.469 e. The standard InChI is InChI=1S/C5H10O4S/c1-8-5(6)3-4-10(7)9-2/h3-4H2,1-2H3. The smallest absolute Gasteiger partial charge is 0.306 e. The maximum absolute atomic E-state index is 10.5. The van der Waals surface area contributed by atoms with Crippen LogP contribution < -0.4 is 0 Å². The van der Waals surface area contributed by atoms with Crippen LogP contribution in [-0.2, 0) is 24.8 Å². The van der Waals surface area contributed by atoms with Gasteiger partial charge >= 0.3 is 5.97 Å². The zero-order valence-corrected chi connectivity index (χ0v) is 6.77. The number of carbonyl (C=O) groups excluding carboxylic acids is 1. The monoisotopic (exact) mass is 166 g/mol. The molecule has 0 amide bonds. The zero-order valence-electron chi connectivity index (χ0n) is 5.96. The van der Waals surface area contributed by atoms with Gasteiger partial charge in [-0.05, 0) is 0 Å². The molecule has 4 nitrogen and oxygen atoms in total. The topological polar surface area (TPSA) is 52.6 Å². The number of hydrogen-bond donors (Lipinski definition) is 0. The van der Waals surface area contributed by atoms with E-state index in [1.165, 1.54) is 14.2 Å². The molecule has 1 atom stereocenters. The Morgan fingerprint density at radius 1 is 1.50 bits per heavy atom. The molecule has 0 rings (SSSR count). The summed E-state index contributed by atoms with van der Waals surface area (Å²) in [5, 5.41) is 0. The van der Waals surface area contributed by atoms with Gasteiger partial charge in [-0.25, -0.2) is 4.21 Å². The van der Waals surface area contributed by atoms with Gasteiger partial charge in [-0.1, -0.05) is 0 Å². The lowest BCUT2D eigenvalue weighted by Gasteiger charge is -1.96. The van der Waals surface area contributed by atoms with Crippen molar-refractivity contribution in [3.8, 4) is 0 Å². The first-order valence-electron chi connectivity index (χ1n) is 2.70. The highest BCUT2D eigenvalue weighted by molar-refractivity contribution is 7.80. The number of methoxy groups -OCH3 is 1. The molecule has 0 aromatic heterocycles. The average molecular weight is 166 g/mol. The molecule has 1 unspecified atom stereocenters. The van der Waals surface area contributed by atoms with Crippen LogP contribution in [-0.4, -0.2) is 30.2 Å². The second-order valence-electron chi connectivity index (χ2n) is 1.50. The maximum atomic E-state index is 10.5. The van der Waals surface area contributed by atoms with Crippen LogP contribution in [0.15, 0.2) is 0 Å². The predicted molar refractivity (Wildman–Crippen MR) is 36.7 cm³/mol. The Kier molecular flexibility index (Phi) is 5.15. The third kappa shape index (κ3) is 4.46. The third-order valence-electron chi connectivity index (χ3n) is 0.886. The van der Waals surface area contributed by atoms with Crippen molar-refractivity contribution in [3.05, 3.63) is 0 Å². The van der Waals surface area contributed by atoms with E-state index in [0.717, 1.165) is 0 Å². The SMILES string of the molecule is COC(=O)CCS(=O)OC. The molecule has 0 aliphatic heterocycles. The van der Waals surface area contributed by atoms with Crippen LogP contribution in [0.25, 0.3) is 0 Å². The summed E-state index contributed by atoms with van der Waals surface area (Å²) in [7, 11) is 2.62. The van der Waals surface area contributed by atoms with Gasteiger partial charge in [-0.3, -0.25) is 8.98 Å². The van der Waals surface area contributed by atoms with Crippen molar-refractivity contribution in [2.45, 2.75) is 6.42 Å². The molecule has 0 aliphatic carbocycles. The number of rotatable bonds is 4. The minimum absolute atomic E-state index is 0.136. The van der Waals surface area contributed by atoms with Crippen molar-refractivity contribution in [2.75, 3.05) is 20.0 Å². The maximum Gasteiger partial charge on any atom is 0.306 e. The second-order valence-corrected chi connectivity index (χ2v) is 2.85. The van der Waals surface area contributed by atoms with Crippen molar-refractivity contribution in [1.29, 1.82) is 0 Å². The van der Waals surface area contributed by atoms with Crippen LogP contribution in [0.4, 0.5) is 0 Å². The fourth-order valence-electron chi connectivity index (χ4n) is 0.352. The van der Waals surface area contributed by atoms with Gasteiger partial charge in [-0.15, -0.1) is 0 Å². The highest BCUT2D eigenvalue weighted by Gasteiger charge is 2.03. The van der Waals surface area contributed by atoms with Crippen LogP contribution in [0.2, 0.25) is 0 Å². The summed E-state index contributed by atoms with van der Waals surface area (Å²) in [6.45, 7) is 0. The van der Waals surface area contributed by atoms with E-state index in [2.05, 4.69) is 8.92 Å². The van der Waals surface area contributed by atoms with E-state index in [0.29, 0.717) is 0 Å². The van der Waals surface area contributed by atoms with Crippen LogP contribution >= 0.6 is 0 Å². The van der Waals surface area contributed by atoms with E-state index in [4.69, 9.17) is 0 Å². The summed E-state index contributed by atoms with van der Waals surface area (Å²) in [5.74, 6) is -0.172. The quantitative estimate of drug-likeness (QED) is 0.545. The van der Waals surface area contributed by atoms with E-state index < -0.39 is 11.1 Å². The molecule has 0 aromatic carbocycles. The fraction of sp³-hybridized carbons (Fsp3) is 0.800. The number of esters is 1. The van der Waals surface area contributed by atoms with E-state index in [-0.39, 0.29) is 18.1 Å². The molecule has 0 N–H and O–H groups in total. The van der Waals surface area contributed by atoms with Crippen molar-refractivity contribution >= 4 is 17.0 Å². The highest BCUT2D eigenvalue weighted by Crippen LogP contribution is 1.89. The molecule has 0 saturated carbocycles. The fourth-order valence-corrected chi connectivity index (χ4v) is 0.852. The first-order valence-corrected chi connectivity index (χ1v) is 3.94. The summed E-state index contributed by atoms with van der Waals surface area (Å²) in [6.07, 6.45) is 0.136. The van der Waals surface area contributed by atoms with Crippen molar-refractivity contribution in [2.24, 2.45) is 0 Å². The summed E-state index contributed by atoms with van der Waals surface area (Å²) in [4.78, 5) is 10.4. The molecule has 0 aromatic rings. The molecule has 0 aliphatic rings. The Bertz CT molecular complexity index is 118. The van der Waals surface area contributed by atoms with E-state index in [1.54, 1.807) is 0 Å². The van der Waals surface area contributed by atoms with Gasteiger partial charge in [0.2, 0.25) is 0 Å². The largest absolute Gasteiger partial charge is 0.469 e. The first-order chi connectivity index (χ1) is 4.70. The second kappa shape index (κ2) is 5.37. The van der Waals surface area contributed by atoms with Gasteiger partial charge in [0.15, 0.2) is 11.1 Å². The predicted octanol–water partition coefficient (Wildman–Crippen LogP) is -0.140. The van der Waals surface area contributed by atoms with Crippen LogP contribution in [0.1, 0.15) is 6.42 Å². The zero-order chi connectivity index (χ0) is 7.98. The van der Waals surface area contributed by atoms with Crippen molar-refractivity contribution in [1.82, 2.24) is 0 Å². The average Bonchev–Trinajstić information content (AvgIpc) is 1.99. The molecule has 0 spiro atoms. The summed E-state index contributed by atoms with van der Waals surface area (Å²) < 4.78 is 19.2. The van der Waals surface area contributed by atoms with Crippen LogP contribution in [0, 0.1) is 0 Å². The Morgan fingerprint density at radius 3 is 2.50 bits per heavy atom. The summed E-state index contributed by atoms with van der Waals surface area (Å²) in [6, 6.07) is 0. The summed E-state index contributed by atoms with van der Waals surface area (Å²) >= 11 is -1.35. The minimum atomic E-state index is -1.35. The molecule has 10 heavy (non-hydrogen) atoms. The molecule has 0 bridgehead atoms. The Morgan fingerprint density at radius 2 is 2.10 bits per heavy atom. The molecule has 0 fully saturated rings. The van der Waals surface area contributed by atoms with E-state index >= 15 is 0 Å². The van der Waals surface area contributed by atoms with Gasteiger partial charge in [-0.2, -0.15) is 0 Å².